The monoisotopic (exact) mass is 1190 g/mol. The summed E-state index contributed by atoms with van der Waals surface area (Å²) < 4.78 is 46.4. The van der Waals surface area contributed by atoms with E-state index < -0.39 is 23.8 Å². The summed E-state index contributed by atoms with van der Waals surface area (Å²) in [5.41, 5.74) is 5.24. The first-order chi connectivity index (χ1) is 41.9. The highest BCUT2D eigenvalue weighted by molar-refractivity contribution is 5.82. The maximum absolute atomic E-state index is 12.7. The number of ether oxygens (including phenoxy) is 9. The number of esters is 6. The number of hydrogen-bond acceptors (Lipinski definition) is 18. The maximum Gasteiger partial charge on any atom is 0.309 e. The molecule has 466 valence electrons. The molecule has 2 saturated carbocycles. The van der Waals surface area contributed by atoms with Crippen LogP contribution in [0.25, 0.3) is 0 Å². The van der Waals surface area contributed by atoms with Crippen molar-refractivity contribution in [1.82, 2.24) is 0 Å². The average Bonchev–Trinajstić information content (AvgIpc) is 3.75. The van der Waals surface area contributed by atoms with Crippen molar-refractivity contribution >= 4 is 64.3 Å². The van der Waals surface area contributed by atoms with Crippen molar-refractivity contribution in [2.75, 3.05) is 115 Å². The molecule has 5 aromatic carbocycles. The van der Waals surface area contributed by atoms with E-state index in [1.165, 1.54) is 7.11 Å². The van der Waals surface area contributed by atoms with Crippen LogP contribution in [0.2, 0.25) is 0 Å². The predicted molar refractivity (Wildman–Crippen MR) is 330 cm³/mol. The first kappa shape index (κ1) is 69.0. The Morgan fingerprint density at radius 3 is 1.01 bits per heavy atom. The zero-order valence-corrected chi connectivity index (χ0v) is 50.8. The van der Waals surface area contributed by atoms with Crippen LogP contribution in [0, 0.1) is 23.7 Å². The summed E-state index contributed by atoms with van der Waals surface area (Å²) in [6.45, 7) is 8.53. The fourth-order valence-corrected chi connectivity index (χ4v) is 10.0. The zero-order valence-electron chi connectivity index (χ0n) is 50.8. The molecule has 0 N–H and O–H groups in total. The second kappa shape index (κ2) is 40.5. The second-order valence-electron chi connectivity index (χ2n) is 20.9. The molecule has 2 atom stereocenters. The molecule has 0 amide bonds. The summed E-state index contributed by atoms with van der Waals surface area (Å²) in [6, 6.07) is 50.3. The SMILES string of the molecule is COCCOC(=O)C1CCC(C(=O)OCCN(c2ccccc2)c2ccccc2)CC1.COCCOC(=O)C1CCCCC1C(=O)OCCN(c1ccccc1)C(C)C.COCCOC(=O)CCC(=O)OCCN(c1ccccc1)c1ccccc1. The fourth-order valence-electron chi connectivity index (χ4n) is 10.0. The molecule has 2 aliphatic carbocycles. The van der Waals surface area contributed by atoms with Crippen molar-refractivity contribution in [3.8, 4) is 0 Å². The molecule has 2 aliphatic rings. The molecule has 0 saturated heterocycles. The minimum Gasteiger partial charge on any atom is -0.464 e. The molecule has 2 unspecified atom stereocenters. The quantitative estimate of drug-likeness (QED) is 0.0231. The summed E-state index contributed by atoms with van der Waals surface area (Å²) in [5.74, 6) is -2.91. The van der Waals surface area contributed by atoms with E-state index in [9.17, 15) is 28.8 Å². The molecule has 18 nitrogen and oxygen atoms in total. The Hall–Kier alpha value is -7.80. The van der Waals surface area contributed by atoms with Gasteiger partial charge < -0.3 is 57.3 Å². The fraction of sp³-hybridized carbons (Fsp3) is 0.471. The Bertz CT molecular complexity index is 2600. The Morgan fingerprint density at radius 1 is 0.360 bits per heavy atom. The topological polar surface area (TPSA) is 195 Å². The summed E-state index contributed by atoms with van der Waals surface area (Å²) >= 11 is 0. The lowest BCUT2D eigenvalue weighted by molar-refractivity contribution is -0.163. The molecule has 7 rings (SSSR count). The van der Waals surface area contributed by atoms with Crippen molar-refractivity contribution < 1.29 is 71.4 Å². The van der Waals surface area contributed by atoms with Gasteiger partial charge in [0.05, 0.1) is 76.0 Å². The number of carbonyl (C=O) groups excluding carboxylic acids is 6. The largest absolute Gasteiger partial charge is 0.464 e. The van der Waals surface area contributed by atoms with Gasteiger partial charge in [0, 0.05) is 55.8 Å². The molecule has 0 spiro atoms. The molecule has 0 aromatic heterocycles. The highest BCUT2D eigenvalue weighted by Gasteiger charge is 2.38. The lowest BCUT2D eigenvalue weighted by atomic mass is 9.79. The molecular formula is C68H89N3O15. The molecule has 5 aromatic rings. The van der Waals surface area contributed by atoms with Gasteiger partial charge in [0.2, 0.25) is 0 Å². The van der Waals surface area contributed by atoms with Gasteiger partial charge in [0.1, 0.15) is 39.6 Å². The first-order valence-electron chi connectivity index (χ1n) is 29.9. The van der Waals surface area contributed by atoms with E-state index in [1.807, 2.05) is 140 Å². The van der Waals surface area contributed by atoms with E-state index in [1.54, 1.807) is 14.2 Å². The minimum atomic E-state index is -0.431. The highest BCUT2D eigenvalue weighted by Crippen LogP contribution is 2.33. The van der Waals surface area contributed by atoms with Crippen molar-refractivity contribution in [3.63, 3.8) is 0 Å². The average molecular weight is 1190 g/mol. The number of nitrogens with zero attached hydrogens (tertiary/aromatic N) is 3. The Morgan fingerprint density at radius 2 is 0.651 bits per heavy atom. The summed E-state index contributed by atoms with van der Waals surface area (Å²) in [7, 11) is 4.66. The van der Waals surface area contributed by atoms with Gasteiger partial charge in [-0.3, -0.25) is 28.8 Å². The molecule has 2 fully saturated rings. The van der Waals surface area contributed by atoms with Gasteiger partial charge in [0.25, 0.3) is 0 Å². The summed E-state index contributed by atoms with van der Waals surface area (Å²) in [6.07, 6.45) is 5.85. The lowest BCUT2D eigenvalue weighted by Crippen LogP contribution is -2.38. The second-order valence-corrected chi connectivity index (χ2v) is 20.9. The number of anilines is 5. The van der Waals surface area contributed by atoms with E-state index in [0.717, 1.165) is 41.3 Å². The number of hydrogen-bond donors (Lipinski definition) is 0. The molecule has 18 heteroatoms. The normalized spacial score (nSPS) is 16.1. The smallest absolute Gasteiger partial charge is 0.309 e. The van der Waals surface area contributed by atoms with Crippen molar-refractivity contribution in [2.24, 2.45) is 23.7 Å². The Kier molecular flexibility index (Phi) is 32.5. The van der Waals surface area contributed by atoms with Gasteiger partial charge in [-0.1, -0.05) is 104 Å². The summed E-state index contributed by atoms with van der Waals surface area (Å²) in [4.78, 5) is 79.4. The standard InChI is InChI=1S/C25H31NO5.C22H33NO5.C21H25NO5/c1-29-18-19-31-25(28)21-14-12-20(13-15-21)24(27)30-17-16-26(22-8-4-2-5-9-22)23-10-6-3-7-11-23;1-17(2)23(18-9-5-4-6-10-18)13-14-27-21(24)19-11-7-8-12-20(19)22(25)28-16-15-26-3;1-25-16-17-27-21(24)13-12-20(23)26-15-14-22(18-8-4-2-5-9-18)19-10-6-3-7-11-19/h2-11,20-21H,12-19H2,1H3;4-6,9-10,17,19-20H,7-8,11-16H2,1-3H3;2-11H,12-17H2,1H3. The third-order valence-electron chi connectivity index (χ3n) is 14.6. The van der Waals surface area contributed by atoms with Crippen LogP contribution in [-0.2, 0) is 71.4 Å². The van der Waals surface area contributed by atoms with Crippen molar-refractivity contribution in [2.45, 2.75) is 84.1 Å². The Balaban J connectivity index is 0.000000236. The molecule has 0 bridgehead atoms. The number of carbonyl (C=O) groups is 6. The van der Waals surface area contributed by atoms with Crippen LogP contribution in [-0.4, -0.2) is 142 Å². The molecule has 0 aliphatic heterocycles. The van der Waals surface area contributed by atoms with Gasteiger partial charge in [-0.25, -0.2) is 0 Å². The lowest BCUT2D eigenvalue weighted by Gasteiger charge is -2.30. The molecule has 0 radical (unpaired) electrons. The number of benzene rings is 5. The number of rotatable bonds is 31. The van der Waals surface area contributed by atoms with Crippen LogP contribution in [0.3, 0.4) is 0 Å². The van der Waals surface area contributed by atoms with Gasteiger partial charge >= 0.3 is 35.8 Å². The van der Waals surface area contributed by atoms with Gasteiger partial charge in [0.15, 0.2) is 0 Å². The van der Waals surface area contributed by atoms with E-state index in [4.69, 9.17) is 42.6 Å². The third-order valence-corrected chi connectivity index (χ3v) is 14.6. The highest BCUT2D eigenvalue weighted by atomic mass is 16.6. The minimum absolute atomic E-state index is 0.00247. The van der Waals surface area contributed by atoms with Crippen LogP contribution in [0.4, 0.5) is 28.4 Å². The zero-order chi connectivity index (χ0) is 61.6. The first-order valence-corrected chi connectivity index (χ1v) is 29.9. The van der Waals surface area contributed by atoms with Gasteiger partial charge in [-0.05, 0) is 113 Å². The molecule has 0 heterocycles. The van der Waals surface area contributed by atoms with E-state index in [2.05, 4.69) is 40.7 Å². The molecular weight excluding hydrogens is 1100 g/mol. The van der Waals surface area contributed by atoms with Crippen LogP contribution in [0.15, 0.2) is 152 Å². The van der Waals surface area contributed by atoms with E-state index in [0.29, 0.717) is 97.2 Å². The van der Waals surface area contributed by atoms with Crippen molar-refractivity contribution in [3.05, 3.63) is 152 Å². The third kappa shape index (κ3) is 25.0. The van der Waals surface area contributed by atoms with E-state index >= 15 is 0 Å². The maximum atomic E-state index is 12.7. The molecule has 86 heavy (non-hydrogen) atoms. The van der Waals surface area contributed by atoms with Crippen LogP contribution in [0.5, 0.6) is 0 Å². The Labute approximate surface area is 508 Å². The number of methoxy groups -OCH3 is 3. The van der Waals surface area contributed by atoms with E-state index in [-0.39, 0.29) is 75.0 Å². The van der Waals surface area contributed by atoms with Crippen LogP contribution >= 0.6 is 0 Å². The summed E-state index contributed by atoms with van der Waals surface area (Å²) in [5, 5.41) is 0. The van der Waals surface area contributed by atoms with Crippen LogP contribution < -0.4 is 14.7 Å². The van der Waals surface area contributed by atoms with Crippen LogP contribution in [0.1, 0.15) is 78.1 Å². The van der Waals surface area contributed by atoms with Gasteiger partial charge in [-0.15, -0.1) is 0 Å². The van der Waals surface area contributed by atoms with Gasteiger partial charge in [-0.2, -0.15) is 0 Å². The van der Waals surface area contributed by atoms with Crippen molar-refractivity contribution in [1.29, 1.82) is 0 Å². The number of para-hydroxylation sites is 5. The predicted octanol–water partition coefficient (Wildman–Crippen LogP) is 11.1.